The van der Waals surface area contributed by atoms with Crippen LogP contribution in [0.5, 0.6) is 0 Å². The second-order valence-electron chi connectivity index (χ2n) is 7.40. The number of hydrogen-bond acceptors (Lipinski definition) is 5. The van der Waals surface area contributed by atoms with E-state index >= 15 is 0 Å². The van der Waals surface area contributed by atoms with Crippen LogP contribution in [0.2, 0.25) is 0 Å². The van der Waals surface area contributed by atoms with E-state index in [2.05, 4.69) is 77.0 Å². The molecular formula is C21H31N5. The van der Waals surface area contributed by atoms with Gasteiger partial charge in [0.05, 0.1) is 0 Å². The SMILES string of the molecule is CCN1CCN(c2cc(Nc3c(C)cccc3C(C)C)nc(C)n2)CC1. The average molecular weight is 354 g/mol. The molecule has 0 bridgehead atoms. The largest absolute Gasteiger partial charge is 0.354 e. The summed E-state index contributed by atoms with van der Waals surface area (Å²) in [6.07, 6.45) is 0. The van der Waals surface area contributed by atoms with Gasteiger partial charge in [-0.1, -0.05) is 39.0 Å². The highest BCUT2D eigenvalue weighted by Crippen LogP contribution is 2.30. The number of nitrogens with zero attached hydrogens (tertiary/aromatic N) is 4. The number of aryl methyl sites for hydroxylation is 2. The van der Waals surface area contributed by atoms with Gasteiger partial charge in [0.2, 0.25) is 0 Å². The summed E-state index contributed by atoms with van der Waals surface area (Å²) in [6.45, 7) is 16.1. The van der Waals surface area contributed by atoms with Gasteiger partial charge in [-0.25, -0.2) is 9.97 Å². The minimum Gasteiger partial charge on any atom is -0.354 e. The van der Waals surface area contributed by atoms with Crippen molar-refractivity contribution in [3.8, 4) is 0 Å². The van der Waals surface area contributed by atoms with Gasteiger partial charge in [-0.3, -0.25) is 0 Å². The maximum Gasteiger partial charge on any atom is 0.136 e. The second-order valence-corrected chi connectivity index (χ2v) is 7.40. The second kappa shape index (κ2) is 8.04. The fraction of sp³-hybridized carbons (Fsp3) is 0.524. The van der Waals surface area contributed by atoms with E-state index in [4.69, 9.17) is 0 Å². The van der Waals surface area contributed by atoms with Crippen LogP contribution in [0.15, 0.2) is 24.3 Å². The van der Waals surface area contributed by atoms with E-state index in [1.165, 1.54) is 16.8 Å². The van der Waals surface area contributed by atoms with Crippen molar-refractivity contribution in [3.63, 3.8) is 0 Å². The molecule has 5 heteroatoms. The summed E-state index contributed by atoms with van der Waals surface area (Å²) in [7, 11) is 0. The Hall–Kier alpha value is -2.14. The minimum absolute atomic E-state index is 0.460. The molecular weight excluding hydrogens is 322 g/mol. The van der Waals surface area contributed by atoms with Crippen LogP contribution in [-0.2, 0) is 0 Å². The fourth-order valence-electron chi connectivity index (χ4n) is 3.54. The predicted octanol–water partition coefficient (Wildman–Crippen LogP) is 4.10. The first kappa shape index (κ1) is 18.6. The van der Waals surface area contributed by atoms with Crippen molar-refractivity contribution < 1.29 is 0 Å². The van der Waals surface area contributed by atoms with Gasteiger partial charge in [0.1, 0.15) is 17.5 Å². The summed E-state index contributed by atoms with van der Waals surface area (Å²) in [6, 6.07) is 8.55. The van der Waals surface area contributed by atoms with Crippen molar-refractivity contribution in [1.82, 2.24) is 14.9 Å². The van der Waals surface area contributed by atoms with Gasteiger partial charge in [0.25, 0.3) is 0 Å². The van der Waals surface area contributed by atoms with Gasteiger partial charge in [0, 0.05) is 37.9 Å². The van der Waals surface area contributed by atoms with Crippen LogP contribution in [0.3, 0.4) is 0 Å². The Morgan fingerprint density at radius 1 is 1.08 bits per heavy atom. The number of likely N-dealkylation sites (N-methyl/N-ethyl adjacent to an activating group) is 1. The maximum absolute atomic E-state index is 4.69. The molecule has 0 radical (unpaired) electrons. The van der Waals surface area contributed by atoms with E-state index in [0.717, 1.165) is 50.2 Å². The Labute approximate surface area is 157 Å². The van der Waals surface area contributed by atoms with Crippen LogP contribution in [-0.4, -0.2) is 47.6 Å². The molecule has 3 rings (SSSR count). The topological polar surface area (TPSA) is 44.3 Å². The van der Waals surface area contributed by atoms with Gasteiger partial charge >= 0.3 is 0 Å². The molecule has 1 aromatic heterocycles. The number of nitrogens with one attached hydrogen (secondary N) is 1. The molecule has 26 heavy (non-hydrogen) atoms. The predicted molar refractivity (Wildman–Crippen MR) is 110 cm³/mol. The van der Waals surface area contributed by atoms with Crippen molar-refractivity contribution in [3.05, 3.63) is 41.2 Å². The number of benzene rings is 1. The van der Waals surface area contributed by atoms with E-state index in [-0.39, 0.29) is 0 Å². The Bertz CT molecular complexity index is 748. The third kappa shape index (κ3) is 4.15. The van der Waals surface area contributed by atoms with Crippen LogP contribution < -0.4 is 10.2 Å². The molecule has 2 aromatic rings. The van der Waals surface area contributed by atoms with Crippen LogP contribution in [0.4, 0.5) is 17.3 Å². The quantitative estimate of drug-likeness (QED) is 0.877. The molecule has 2 heterocycles. The first-order valence-corrected chi connectivity index (χ1v) is 9.67. The van der Waals surface area contributed by atoms with E-state index in [0.29, 0.717) is 5.92 Å². The third-order valence-corrected chi connectivity index (χ3v) is 5.15. The summed E-state index contributed by atoms with van der Waals surface area (Å²) in [5.41, 5.74) is 3.73. The first-order chi connectivity index (χ1) is 12.5. The molecule has 1 aliphatic rings. The number of piperazine rings is 1. The summed E-state index contributed by atoms with van der Waals surface area (Å²) in [5.74, 6) is 3.17. The Morgan fingerprint density at radius 2 is 1.81 bits per heavy atom. The molecule has 0 unspecified atom stereocenters. The number of para-hydroxylation sites is 1. The molecule has 0 amide bonds. The minimum atomic E-state index is 0.460. The zero-order valence-electron chi connectivity index (χ0n) is 16.7. The standard InChI is InChI=1S/C21H31N5/c1-6-25-10-12-26(13-11-25)20-14-19(22-17(5)23-20)24-21-16(4)8-7-9-18(21)15(2)3/h7-9,14-15H,6,10-13H2,1-5H3,(H,22,23,24). The van der Waals surface area contributed by atoms with Crippen LogP contribution in [0, 0.1) is 13.8 Å². The lowest BCUT2D eigenvalue weighted by atomic mass is 9.98. The normalized spacial score (nSPS) is 15.5. The number of aromatic nitrogens is 2. The molecule has 0 spiro atoms. The van der Waals surface area contributed by atoms with Crippen molar-refractivity contribution in [1.29, 1.82) is 0 Å². The smallest absolute Gasteiger partial charge is 0.136 e. The Balaban J connectivity index is 1.85. The van der Waals surface area contributed by atoms with E-state index < -0.39 is 0 Å². The monoisotopic (exact) mass is 353 g/mol. The molecule has 0 aliphatic carbocycles. The Kier molecular flexibility index (Phi) is 5.77. The lowest BCUT2D eigenvalue weighted by Gasteiger charge is -2.35. The highest BCUT2D eigenvalue weighted by atomic mass is 15.3. The number of hydrogen-bond donors (Lipinski definition) is 1. The average Bonchev–Trinajstić information content (AvgIpc) is 2.63. The third-order valence-electron chi connectivity index (χ3n) is 5.15. The molecule has 140 valence electrons. The molecule has 1 N–H and O–H groups in total. The van der Waals surface area contributed by atoms with Crippen molar-refractivity contribution in [2.75, 3.05) is 42.9 Å². The van der Waals surface area contributed by atoms with E-state index in [9.17, 15) is 0 Å². The van der Waals surface area contributed by atoms with Crippen molar-refractivity contribution >= 4 is 17.3 Å². The number of rotatable bonds is 5. The lowest BCUT2D eigenvalue weighted by Crippen LogP contribution is -2.46. The fourth-order valence-corrected chi connectivity index (χ4v) is 3.54. The highest BCUT2D eigenvalue weighted by Gasteiger charge is 2.18. The zero-order chi connectivity index (χ0) is 18.7. The van der Waals surface area contributed by atoms with Gasteiger partial charge in [-0.15, -0.1) is 0 Å². The molecule has 1 fully saturated rings. The summed E-state index contributed by atoms with van der Waals surface area (Å²) in [4.78, 5) is 14.2. The van der Waals surface area contributed by atoms with Gasteiger partial charge in [-0.2, -0.15) is 0 Å². The Morgan fingerprint density at radius 3 is 2.46 bits per heavy atom. The van der Waals surface area contributed by atoms with Gasteiger partial charge in [0.15, 0.2) is 0 Å². The van der Waals surface area contributed by atoms with E-state index in [1.54, 1.807) is 0 Å². The van der Waals surface area contributed by atoms with Gasteiger partial charge < -0.3 is 15.1 Å². The zero-order valence-corrected chi connectivity index (χ0v) is 16.7. The molecule has 1 saturated heterocycles. The van der Waals surface area contributed by atoms with Gasteiger partial charge in [-0.05, 0) is 37.4 Å². The van der Waals surface area contributed by atoms with Crippen molar-refractivity contribution in [2.45, 2.75) is 40.5 Å². The maximum atomic E-state index is 4.69. The summed E-state index contributed by atoms with van der Waals surface area (Å²) in [5, 5.41) is 3.57. The summed E-state index contributed by atoms with van der Waals surface area (Å²) >= 11 is 0. The molecule has 1 aromatic carbocycles. The number of anilines is 3. The van der Waals surface area contributed by atoms with Crippen LogP contribution in [0.1, 0.15) is 43.6 Å². The lowest BCUT2D eigenvalue weighted by molar-refractivity contribution is 0.270. The highest BCUT2D eigenvalue weighted by molar-refractivity contribution is 5.67. The van der Waals surface area contributed by atoms with Crippen LogP contribution in [0.25, 0.3) is 0 Å². The van der Waals surface area contributed by atoms with Crippen molar-refractivity contribution in [2.24, 2.45) is 0 Å². The van der Waals surface area contributed by atoms with E-state index in [1.807, 2.05) is 6.92 Å². The first-order valence-electron chi connectivity index (χ1n) is 9.67. The molecule has 0 saturated carbocycles. The molecule has 5 nitrogen and oxygen atoms in total. The molecule has 1 aliphatic heterocycles. The summed E-state index contributed by atoms with van der Waals surface area (Å²) < 4.78 is 0. The molecule has 0 atom stereocenters. The van der Waals surface area contributed by atoms with Crippen LogP contribution >= 0.6 is 0 Å².